The van der Waals surface area contributed by atoms with Gasteiger partial charge in [-0.3, -0.25) is 9.88 Å². The van der Waals surface area contributed by atoms with Gasteiger partial charge in [-0.2, -0.15) is 23.1 Å². The molecule has 1 unspecified atom stereocenters. The number of anilines is 1. The highest BCUT2D eigenvalue weighted by atomic mass is 19.4. The number of alkyl carbamates (subject to hydrolysis) is 1. The topological polar surface area (TPSA) is 122 Å². The maximum atomic E-state index is 17.5. The lowest BCUT2D eigenvalue weighted by Gasteiger charge is -2.42. The third-order valence-corrected chi connectivity index (χ3v) is 13.0. The Balaban J connectivity index is 1.19. The number of nitrogens with one attached hydrogen (secondary N) is 1. The summed E-state index contributed by atoms with van der Waals surface area (Å²) in [6, 6.07) is 4.96. The van der Waals surface area contributed by atoms with Gasteiger partial charge in [0.2, 0.25) is 0 Å². The van der Waals surface area contributed by atoms with Gasteiger partial charge in [-0.15, -0.1) is 0 Å². The molecule has 4 saturated heterocycles. The van der Waals surface area contributed by atoms with Gasteiger partial charge in [0, 0.05) is 50.8 Å². The first-order valence-electron chi connectivity index (χ1n) is 20.4. The second kappa shape index (κ2) is 15.0. The number of benzene rings is 2. The van der Waals surface area contributed by atoms with Crippen LogP contribution < -0.4 is 19.7 Å². The van der Waals surface area contributed by atoms with Gasteiger partial charge in [-0.1, -0.05) is 6.07 Å². The number of pyridine rings is 1. The zero-order valence-electron chi connectivity index (χ0n) is 33.5. The highest BCUT2D eigenvalue weighted by molar-refractivity contribution is 6.02. The lowest BCUT2D eigenvalue weighted by Crippen LogP contribution is -2.60. The van der Waals surface area contributed by atoms with Gasteiger partial charge in [0.1, 0.15) is 47.5 Å². The molecule has 1 N–H and O–H groups in total. The predicted octanol–water partition coefficient (Wildman–Crippen LogP) is 7.83. The number of piperidine rings is 1. The summed E-state index contributed by atoms with van der Waals surface area (Å²) >= 11 is 0. The van der Waals surface area contributed by atoms with Crippen molar-refractivity contribution in [1.29, 1.82) is 0 Å². The molecule has 326 valence electrons. The number of aromatic nitrogens is 3. The normalized spacial score (nSPS) is 28.3. The van der Waals surface area contributed by atoms with Gasteiger partial charge in [-0.25, -0.2) is 27.2 Å². The second-order valence-corrected chi connectivity index (χ2v) is 17.7. The zero-order valence-corrected chi connectivity index (χ0v) is 33.5. The van der Waals surface area contributed by atoms with Crippen molar-refractivity contribution < 1.29 is 54.5 Å². The van der Waals surface area contributed by atoms with Crippen LogP contribution in [0.3, 0.4) is 0 Å². The number of hydrogen-bond donors (Lipinski definition) is 1. The molecule has 2 aromatic carbocycles. The molecular formula is C42H44F7N7O5. The summed E-state index contributed by atoms with van der Waals surface area (Å²) in [5, 5.41) is 3.30. The minimum absolute atomic E-state index is 0.00536. The molecule has 0 saturated carbocycles. The van der Waals surface area contributed by atoms with Crippen molar-refractivity contribution >= 4 is 39.7 Å². The van der Waals surface area contributed by atoms with Crippen molar-refractivity contribution in [3.63, 3.8) is 0 Å². The fourth-order valence-electron chi connectivity index (χ4n) is 9.95. The quantitative estimate of drug-likeness (QED) is 0.203. The lowest BCUT2D eigenvalue weighted by molar-refractivity contribution is -0.212. The number of nitrogens with zero attached hydrogens (tertiary/aromatic N) is 6. The molecule has 0 radical (unpaired) electrons. The van der Waals surface area contributed by atoms with E-state index >= 15 is 13.2 Å². The van der Waals surface area contributed by atoms with Gasteiger partial charge in [-0.05, 0) is 87.0 Å². The largest absolute Gasteiger partial charge is 0.461 e. The summed E-state index contributed by atoms with van der Waals surface area (Å²) in [4.78, 5) is 44.7. The highest BCUT2D eigenvalue weighted by Crippen LogP contribution is 2.46. The molecule has 0 aliphatic carbocycles. The van der Waals surface area contributed by atoms with E-state index in [9.17, 15) is 27.2 Å². The third-order valence-electron chi connectivity index (χ3n) is 13.0. The van der Waals surface area contributed by atoms with Crippen molar-refractivity contribution in [3.8, 4) is 23.0 Å². The summed E-state index contributed by atoms with van der Waals surface area (Å²) < 4.78 is 123. The highest BCUT2D eigenvalue weighted by Gasteiger charge is 2.55. The van der Waals surface area contributed by atoms with Gasteiger partial charge in [0.15, 0.2) is 5.82 Å². The molecule has 4 fully saturated rings. The van der Waals surface area contributed by atoms with Crippen LogP contribution in [0.2, 0.25) is 0 Å². The van der Waals surface area contributed by atoms with Crippen molar-refractivity contribution in [2.45, 2.75) is 88.4 Å². The van der Waals surface area contributed by atoms with Crippen LogP contribution in [-0.4, -0.2) is 119 Å². The monoisotopic (exact) mass is 859 g/mol. The Kier molecular flexibility index (Phi) is 10.1. The summed E-state index contributed by atoms with van der Waals surface area (Å²) in [5.41, 5.74) is -4.51. The number of alkyl halides is 5. The summed E-state index contributed by atoms with van der Waals surface area (Å²) in [5.74, 6) is -1.79. The maximum absolute atomic E-state index is 17.5. The second-order valence-electron chi connectivity index (χ2n) is 17.7. The van der Waals surface area contributed by atoms with E-state index in [1.165, 1.54) is 30.5 Å². The Bertz CT molecular complexity index is 2430. The molecule has 6 aliphatic heterocycles. The molecule has 61 heavy (non-hydrogen) atoms. The first kappa shape index (κ1) is 41.2. The van der Waals surface area contributed by atoms with Crippen LogP contribution >= 0.6 is 0 Å². The van der Waals surface area contributed by atoms with Crippen LogP contribution in [0.25, 0.3) is 32.9 Å². The Morgan fingerprint density at radius 1 is 1.02 bits per heavy atom. The van der Waals surface area contributed by atoms with E-state index in [2.05, 4.69) is 20.3 Å². The smallest absolute Gasteiger partial charge is 0.415 e. The minimum atomic E-state index is -4.56. The van der Waals surface area contributed by atoms with E-state index < -0.39 is 65.4 Å². The first-order chi connectivity index (χ1) is 28.9. The lowest BCUT2D eigenvalue weighted by atomic mass is 9.89. The number of rotatable bonds is 4. The molecule has 19 heteroatoms. The molecule has 2 aromatic heterocycles. The number of ether oxygens (including phenoxy) is 3. The van der Waals surface area contributed by atoms with Gasteiger partial charge in [0.05, 0.1) is 35.0 Å². The fraction of sp³-hybridized carbons (Fsp3) is 0.548. The van der Waals surface area contributed by atoms with Crippen molar-refractivity contribution in [2.24, 2.45) is 5.41 Å². The molecule has 2 amide bonds. The van der Waals surface area contributed by atoms with E-state index in [1.807, 2.05) is 4.90 Å². The average molecular weight is 860 g/mol. The zero-order chi connectivity index (χ0) is 43.1. The number of hydrogen-bond acceptors (Lipinski definition) is 10. The standard InChI is InChI=1S/C42H44F7N7O5/c1-39(42(47,48)49)9-11-54(20-39)38(58)61-26-13-23-6-7-30(45)27-5-3-12-59-37(57)53-40(2)15-24(43)18-55(21-40)35-29-17-50-33(28(14-26)31(23)27)32(46)34(29)51-36(52-35)60-22-41-8-4-10-56(41)19-25(44)16-41/h6-7,13-14,17,24-25H,3-5,8-12,15-16,18-22H2,1-2H3,(H,53,57)/t24-,25-,39?,40-,41+/m1/s1. The van der Waals surface area contributed by atoms with E-state index in [0.717, 1.165) is 18.2 Å². The maximum Gasteiger partial charge on any atom is 0.415 e. The Morgan fingerprint density at radius 3 is 2.61 bits per heavy atom. The Labute approximate surface area is 345 Å². The summed E-state index contributed by atoms with van der Waals surface area (Å²) in [6.45, 7) is 2.43. The minimum Gasteiger partial charge on any atom is -0.461 e. The van der Waals surface area contributed by atoms with Gasteiger partial charge < -0.3 is 29.3 Å². The molecule has 10 rings (SSSR count). The summed E-state index contributed by atoms with van der Waals surface area (Å²) in [7, 11) is 0. The third kappa shape index (κ3) is 7.49. The van der Waals surface area contributed by atoms with Crippen LogP contribution in [-0.2, 0) is 11.2 Å². The number of amides is 2. The molecule has 4 aromatic rings. The number of fused-ring (bicyclic) bond motifs is 7. The predicted molar refractivity (Wildman–Crippen MR) is 208 cm³/mol. The van der Waals surface area contributed by atoms with Crippen LogP contribution in [0.15, 0.2) is 30.5 Å². The molecule has 5 atom stereocenters. The van der Waals surface area contributed by atoms with Crippen LogP contribution in [0.5, 0.6) is 11.8 Å². The molecular weight excluding hydrogens is 815 g/mol. The van der Waals surface area contributed by atoms with Crippen LogP contribution in [0.1, 0.15) is 57.9 Å². The number of aryl methyl sites for hydroxylation is 1. The number of carbonyl (C=O) groups excluding carboxylic acids is 2. The molecule has 6 aliphatic rings. The van der Waals surface area contributed by atoms with Crippen molar-refractivity contribution in [1.82, 2.24) is 30.1 Å². The Hall–Kier alpha value is -5.20. The van der Waals surface area contributed by atoms with Gasteiger partial charge >= 0.3 is 24.4 Å². The average Bonchev–Trinajstić information content (AvgIpc) is 3.87. The molecule has 8 heterocycles. The van der Waals surface area contributed by atoms with E-state index in [-0.39, 0.29) is 128 Å². The SMILES string of the molecule is CC1(C(F)(F)F)CCN(C(=O)Oc2cc3c4c(c(F)ccc4c2)CCCOC(=O)N[C@]2(C)C[C@@H](F)CN(C2)c2nc(OC[C@@]45CCCN4C[C@H](F)C5)nc4c(F)c-3ncc24)C1. The van der Waals surface area contributed by atoms with Crippen LogP contribution in [0, 0.1) is 17.0 Å². The summed E-state index contributed by atoms with van der Waals surface area (Å²) in [6.07, 6.45) is -6.25. The fourth-order valence-corrected chi connectivity index (χ4v) is 9.95. The van der Waals surface area contributed by atoms with E-state index in [4.69, 9.17) is 14.2 Å². The molecule has 6 bridgehead atoms. The van der Waals surface area contributed by atoms with Crippen molar-refractivity contribution in [2.75, 3.05) is 57.4 Å². The molecule has 0 spiro atoms. The molecule has 12 nitrogen and oxygen atoms in total. The van der Waals surface area contributed by atoms with Gasteiger partial charge in [0.25, 0.3) is 0 Å². The Morgan fingerprint density at radius 2 is 1.82 bits per heavy atom. The number of halogens is 7. The number of carbonyl (C=O) groups is 2. The van der Waals surface area contributed by atoms with Crippen molar-refractivity contribution in [3.05, 3.63) is 47.7 Å². The van der Waals surface area contributed by atoms with Crippen LogP contribution in [0.4, 0.5) is 46.1 Å². The number of likely N-dealkylation sites (tertiary alicyclic amines) is 1. The first-order valence-corrected chi connectivity index (χ1v) is 20.4. The van der Waals surface area contributed by atoms with E-state index in [1.54, 1.807) is 11.8 Å². The van der Waals surface area contributed by atoms with E-state index in [0.29, 0.717) is 13.0 Å².